The van der Waals surface area contributed by atoms with E-state index in [4.69, 9.17) is 4.99 Å². The minimum absolute atomic E-state index is 0.482. The number of benzene rings is 1. The number of aromatic amines is 1. The summed E-state index contributed by atoms with van der Waals surface area (Å²) in [6, 6.07) is 9.01. The van der Waals surface area contributed by atoms with Gasteiger partial charge in [-0.25, -0.2) is 0 Å². The highest BCUT2D eigenvalue weighted by Gasteiger charge is 2.21. The van der Waals surface area contributed by atoms with Gasteiger partial charge in [0.2, 0.25) is 0 Å². The summed E-state index contributed by atoms with van der Waals surface area (Å²) in [5.41, 5.74) is 3.87. The van der Waals surface area contributed by atoms with Gasteiger partial charge in [0.25, 0.3) is 0 Å². The van der Waals surface area contributed by atoms with Crippen LogP contribution in [0.4, 0.5) is 0 Å². The monoisotopic (exact) mass is 370 g/mol. The second-order valence-electron chi connectivity index (χ2n) is 7.57. The number of aliphatic imine (C=N–C) groups is 1. The van der Waals surface area contributed by atoms with Crippen LogP contribution < -0.4 is 10.6 Å². The number of piperazine rings is 1. The standard InChI is InChI=1S/C21H34N6/c1-5-22-21(24-14-17-15-26(3)12-13-27(17)4)23-11-10-18-16(2)25-20-9-7-6-8-19(18)20/h6-9,17,25H,5,10-15H2,1-4H3,(H2,22,23,24). The number of hydrogen-bond donors (Lipinski definition) is 3. The summed E-state index contributed by atoms with van der Waals surface area (Å²) in [5, 5.41) is 8.21. The van der Waals surface area contributed by atoms with E-state index < -0.39 is 0 Å². The van der Waals surface area contributed by atoms with Crippen LogP contribution in [-0.2, 0) is 6.42 Å². The summed E-state index contributed by atoms with van der Waals surface area (Å²) in [6.07, 6.45) is 0.979. The molecule has 148 valence electrons. The fourth-order valence-corrected chi connectivity index (χ4v) is 3.80. The molecule has 3 N–H and O–H groups in total. The van der Waals surface area contributed by atoms with Crippen LogP contribution in [0.2, 0.25) is 0 Å². The van der Waals surface area contributed by atoms with Gasteiger partial charge in [-0.3, -0.25) is 9.89 Å². The van der Waals surface area contributed by atoms with Gasteiger partial charge in [0.15, 0.2) is 5.96 Å². The Labute approximate surface area is 163 Å². The van der Waals surface area contributed by atoms with Gasteiger partial charge in [0.05, 0.1) is 6.54 Å². The number of nitrogens with zero attached hydrogens (tertiary/aromatic N) is 3. The first-order valence-electron chi connectivity index (χ1n) is 10.1. The van der Waals surface area contributed by atoms with Gasteiger partial charge < -0.3 is 20.5 Å². The van der Waals surface area contributed by atoms with Gasteiger partial charge in [-0.1, -0.05) is 18.2 Å². The minimum atomic E-state index is 0.482. The number of guanidine groups is 1. The smallest absolute Gasteiger partial charge is 0.191 e. The molecule has 2 aromatic rings. The zero-order valence-electron chi connectivity index (χ0n) is 17.2. The Morgan fingerprint density at radius 3 is 2.85 bits per heavy atom. The number of nitrogens with one attached hydrogen (secondary N) is 3. The average Bonchev–Trinajstić information content (AvgIpc) is 2.97. The van der Waals surface area contributed by atoms with E-state index in [0.29, 0.717) is 6.04 Å². The molecule has 1 unspecified atom stereocenters. The highest BCUT2D eigenvalue weighted by molar-refractivity contribution is 5.84. The van der Waals surface area contributed by atoms with Crippen molar-refractivity contribution in [3.8, 4) is 0 Å². The Kier molecular flexibility index (Phi) is 6.74. The van der Waals surface area contributed by atoms with Gasteiger partial charge in [0.1, 0.15) is 0 Å². The first kappa shape index (κ1) is 19.7. The third kappa shape index (κ3) is 5.02. The van der Waals surface area contributed by atoms with Crippen LogP contribution in [-0.4, -0.2) is 80.1 Å². The second-order valence-corrected chi connectivity index (χ2v) is 7.57. The normalized spacial score (nSPS) is 19.6. The van der Waals surface area contributed by atoms with Crippen LogP contribution in [0.5, 0.6) is 0 Å². The van der Waals surface area contributed by atoms with Crippen molar-refractivity contribution in [1.29, 1.82) is 0 Å². The zero-order chi connectivity index (χ0) is 19.2. The summed E-state index contributed by atoms with van der Waals surface area (Å²) >= 11 is 0. The van der Waals surface area contributed by atoms with Crippen molar-refractivity contribution in [1.82, 2.24) is 25.4 Å². The van der Waals surface area contributed by atoms with Gasteiger partial charge in [0, 0.05) is 55.4 Å². The first-order chi connectivity index (χ1) is 13.1. The third-order valence-corrected chi connectivity index (χ3v) is 5.48. The molecule has 1 atom stereocenters. The van der Waals surface area contributed by atoms with E-state index >= 15 is 0 Å². The SMILES string of the molecule is CCNC(=NCC1CN(C)CCN1C)NCCc1c(C)[nH]c2ccccc12. The molecule has 1 aliphatic rings. The maximum absolute atomic E-state index is 4.84. The lowest BCUT2D eigenvalue weighted by atomic mass is 10.1. The van der Waals surface area contributed by atoms with Crippen LogP contribution in [0.3, 0.4) is 0 Å². The first-order valence-corrected chi connectivity index (χ1v) is 10.1. The van der Waals surface area contributed by atoms with Crippen LogP contribution in [0.25, 0.3) is 10.9 Å². The van der Waals surface area contributed by atoms with Crippen molar-refractivity contribution in [2.24, 2.45) is 4.99 Å². The molecule has 0 aliphatic carbocycles. The molecule has 6 heteroatoms. The third-order valence-electron chi connectivity index (χ3n) is 5.48. The Balaban J connectivity index is 1.58. The predicted octanol–water partition coefficient (Wildman–Crippen LogP) is 1.82. The van der Waals surface area contributed by atoms with E-state index in [0.717, 1.165) is 51.6 Å². The molecule has 27 heavy (non-hydrogen) atoms. The molecule has 1 fully saturated rings. The lowest BCUT2D eigenvalue weighted by Gasteiger charge is -2.36. The van der Waals surface area contributed by atoms with Gasteiger partial charge >= 0.3 is 0 Å². The molecule has 0 radical (unpaired) electrons. The molecule has 1 aromatic heterocycles. The summed E-state index contributed by atoms with van der Waals surface area (Å²) in [4.78, 5) is 13.1. The fraction of sp³-hybridized carbons (Fsp3) is 0.571. The lowest BCUT2D eigenvalue weighted by molar-refractivity contribution is 0.119. The molecule has 0 amide bonds. The molecule has 3 rings (SSSR count). The van der Waals surface area contributed by atoms with E-state index in [9.17, 15) is 0 Å². The molecule has 0 spiro atoms. The Bertz CT molecular complexity index is 765. The number of aromatic nitrogens is 1. The van der Waals surface area contributed by atoms with Crippen molar-refractivity contribution < 1.29 is 0 Å². The van der Waals surface area contributed by atoms with Crippen LogP contribution in [0, 0.1) is 6.92 Å². The summed E-state index contributed by atoms with van der Waals surface area (Å²) < 4.78 is 0. The molecule has 1 aromatic carbocycles. The van der Waals surface area contributed by atoms with E-state index in [1.54, 1.807) is 0 Å². The topological polar surface area (TPSA) is 58.7 Å². The van der Waals surface area contributed by atoms with Crippen LogP contribution >= 0.6 is 0 Å². The van der Waals surface area contributed by atoms with Gasteiger partial charge in [-0.2, -0.15) is 0 Å². The summed E-state index contributed by atoms with van der Waals surface area (Å²) in [5.74, 6) is 0.914. The van der Waals surface area contributed by atoms with Crippen molar-refractivity contribution in [3.63, 3.8) is 0 Å². The van der Waals surface area contributed by atoms with E-state index in [-0.39, 0.29) is 0 Å². The van der Waals surface area contributed by atoms with Gasteiger partial charge in [-0.15, -0.1) is 0 Å². The van der Waals surface area contributed by atoms with E-state index in [1.807, 2.05) is 0 Å². The van der Waals surface area contributed by atoms with Crippen LogP contribution in [0.1, 0.15) is 18.2 Å². The number of hydrogen-bond acceptors (Lipinski definition) is 3. The maximum atomic E-state index is 4.84. The molecular formula is C21H34N6. The molecule has 1 saturated heterocycles. The van der Waals surface area contributed by atoms with Gasteiger partial charge in [-0.05, 0) is 46.0 Å². The number of H-pyrrole nitrogens is 1. The quantitative estimate of drug-likeness (QED) is 0.536. The maximum Gasteiger partial charge on any atom is 0.191 e. The average molecular weight is 371 g/mol. The molecule has 6 nitrogen and oxygen atoms in total. The molecule has 0 saturated carbocycles. The van der Waals surface area contributed by atoms with Crippen molar-refractivity contribution in [2.45, 2.75) is 26.3 Å². The minimum Gasteiger partial charge on any atom is -0.358 e. The number of para-hydroxylation sites is 1. The Morgan fingerprint density at radius 2 is 2.04 bits per heavy atom. The van der Waals surface area contributed by atoms with E-state index in [1.165, 1.54) is 22.2 Å². The molecule has 1 aliphatic heterocycles. The Morgan fingerprint density at radius 1 is 1.22 bits per heavy atom. The Hall–Kier alpha value is -2.05. The number of fused-ring (bicyclic) bond motifs is 1. The number of likely N-dealkylation sites (N-methyl/N-ethyl adjacent to an activating group) is 2. The second kappa shape index (κ2) is 9.24. The largest absolute Gasteiger partial charge is 0.358 e. The fourth-order valence-electron chi connectivity index (χ4n) is 3.80. The number of rotatable bonds is 6. The highest BCUT2D eigenvalue weighted by Crippen LogP contribution is 2.21. The van der Waals surface area contributed by atoms with Crippen molar-refractivity contribution in [2.75, 3.05) is 53.4 Å². The number of aryl methyl sites for hydroxylation is 1. The van der Waals surface area contributed by atoms with E-state index in [2.05, 4.69) is 77.6 Å². The lowest BCUT2D eigenvalue weighted by Crippen LogP contribution is -2.51. The van der Waals surface area contributed by atoms with Crippen molar-refractivity contribution >= 4 is 16.9 Å². The zero-order valence-corrected chi connectivity index (χ0v) is 17.2. The highest BCUT2D eigenvalue weighted by atomic mass is 15.3. The van der Waals surface area contributed by atoms with Crippen molar-refractivity contribution in [3.05, 3.63) is 35.5 Å². The molecular weight excluding hydrogens is 336 g/mol. The summed E-state index contributed by atoms with van der Waals surface area (Å²) in [6.45, 7) is 10.2. The molecule has 0 bridgehead atoms. The molecule has 2 heterocycles. The summed E-state index contributed by atoms with van der Waals surface area (Å²) in [7, 11) is 4.39. The van der Waals surface area contributed by atoms with Crippen LogP contribution in [0.15, 0.2) is 29.3 Å². The predicted molar refractivity (Wildman–Crippen MR) is 115 cm³/mol.